The van der Waals surface area contributed by atoms with Crippen molar-refractivity contribution < 1.29 is 19.5 Å². The van der Waals surface area contributed by atoms with Crippen molar-refractivity contribution in [3.8, 4) is 0 Å². The third-order valence-corrected chi connectivity index (χ3v) is 4.65. The number of nitrogens with one attached hydrogen (secondary N) is 1. The second-order valence-electron chi connectivity index (χ2n) is 6.23. The molecule has 3 rings (SSSR count). The number of hydrogen-bond acceptors (Lipinski definition) is 3. The first-order chi connectivity index (χ1) is 9.54. The molecule has 110 valence electrons. The van der Waals surface area contributed by atoms with Crippen molar-refractivity contribution in [2.24, 2.45) is 11.8 Å². The van der Waals surface area contributed by atoms with E-state index < -0.39 is 5.97 Å². The van der Waals surface area contributed by atoms with Gasteiger partial charge in [0.2, 0.25) is 11.8 Å². The van der Waals surface area contributed by atoms with E-state index in [2.05, 4.69) is 5.32 Å². The largest absolute Gasteiger partial charge is 0.481 e. The highest BCUT2D eigenvalue weighted by Crippen LogP contribution is 2.33. The Kier molecular flexibility index (Phi) is 3.40. The smallest absolute Gasteiger partial charge is 0.306 e. The summed E-state index contributed by atoms with van der Waals surface area (Å²) in [6.45, 7) is 0.532. The molecule has 0 radical (unpaired) electrons. The van der Waals surface area contributed by atoms with Crippen LogP contribution in [0.1, 0.15) is 38.5 Å². The number of carboxylic acid groups (broad SMARTS) is 1. The van der Waals surface area contributed by atoms with Crippen molar-refractivity contribution >= 4 is 17.8 Å². The van der Waals surface area contributed by atoms with E-state index in [9.17, 15) is 14.4 Å². The average molecular weight is 280 g/mol. The molecule has 0 aromatic carbocycles. The van der Waals surface area contributed by atoms with Crippen molar-refractivity contribution in [1.29, 1.82) is 0 Å². The summed E-state index contributed by atoms with van der Waals surface area (Å²) in [6.07, 6.45) is 4.27. The Balaban J connectivity index is 1.50. The van der Waals surface area contributed by atoms with Gasteiger partial charge in [0.25, 0.3) is 0 Å². The van der Waals surface area contributed by atoms with Gasteiger partial charge >= 0.3 is 5.97 Å². The number of amides is 2. The molecule has 2 amide bonds. The van der Waals surface area contributed by atoms with Gasteiger partial charge in [-0.3, -0.25) is 14.4 Å². The van der Waals surface area contributed by atoms with Gasteiger partial charge in [0.15, 0.2) is 0 Å². The standard InChI is InChI=1S/C14H20N2O4/c17-12-6-9(7-16(12)11-3-4-11)13(18)15-10-2-1-8(5-10)14(19)20/h8-11H,1-7H2,(H,15,18)(H,19,20). The van der Waals surface area contributed by atoms with Gasteiger partial charge in [0, 0.05) is 25.0 Å². The normalized spacial score (nSPS) is 33.5. The Morgan fingerprint density at radius 1 is 1.15 bits per heavy atom. The van der Waals surface area contributed by atoms with Crippen LogP contribution in [-0.2, 0) is 14.4 Å². The molecule has 3 aliphatic rings. The maximum absolute atomic E-state index is 12.2. The minimum Gasteiger partial charge on any atom is -0.481 e. The summed E-state index contributed by atoms with van der Waals surface area (Å²) >= 11 is 0. The summed E-state index contributed by atoms with van der Waals surface area (Å²) in [5.74, 6) is -1.38. The molecule has 2 aliphatic carbocycles. The van der Waals surface area contributed by atoms with Gasteiger partial charge in [0.1, 0.15) is 0 Å². The van der Waals surface area contributed by atoms with E-state index in [4.69, 9.17) is 5.11 Å². The average Bonchev–Trinajstić information content (AvgIpc) is 2.99. The van der Waals surface area contributed by atoms with Crippen molar-refractivity contribution in [3.63, 3.8) is 0 Å². The summed E-state index contributed by atoms with van der Waals surface area (Å²) in [5.41, 5.74) is 0. The second kappa shape index (κ2) is 5.07. The molecule has 3 fully saturated rings. The van der Waals surface area contributed by atoms with Crippen LogP contribution >= 0.6 is 0 Å². The maximum Gasteiger partial charge on any atom is 0.306 e. The van der Waals surface area contributed by atoms with E-state index in [-0.39, 0.29) is 29.7 Å². The topological polar surface area (TPSA) is 86.7 Å². The summed E-state index contributed by atoms with van der Waals surface area (Å²) in [5, 5.41) is 11.9. The van der Waals surface area contributed by atoms with Crippen molar-refractivity contribution in [2.45, 2.75) is 50.6 Å². The van der Waals surface area contributed by atoms with Crippen LogP contribution < -0.4 is 5.32 Å². The molecule has 6 nitrogen and oxygen atoms in total. The number of carbonyl (C=O) groups excluding carboxylic acids is 2. The number of rotatable bonds is 4. The molecule has 0 spiro atoms. The van der Waals surface area contributed by atoms with Crippen LogP contribution in [0.4, 0.5) is 0 Å². The van der Waals surface area contributed by atoms with E-state index in [1.165, 1.54) is 0 Å². The zero-order valence-electron chi connectivity index (χ0n) is 11.4. The fourth-order valence-electron chi connectivity index (χ4n) is 3.30. The molecule has 2 saturated carbocycles. The van der Waals surface area contributed by atoms with Crippen LogP contribution in [-0.4, -0.2) is 46.4 Å². The summed E-state index contributed by atoms with van der Waals surface area (Å²) in [7, 11) is 0. The van der Waals surface area contributed by atoms with E-state index in [1.807, 2.05) is 4.90 Å². The van der Waals surface area contributed by atoms with Crippen molar-refractivity contribution in [2.75, 3.05) is 6.54 Å². The molecular formula is C14H20N2O4. The number of hydrogen-bond donors (Lipinski definition) is 2. The van der Waals surface area contributed by atoms with E-state index in [0.717, 1.165) is 19.3 Å². The Labute approximate surface area is 117 Å². The van der Waals surface area contributed by atoms with Crippen LogP contribution in [0.25, 0.3) is 0 Å². The lowest BCUT2D eigenvalue weighted by Gasteiger charge is -2.17. The predicted octanol–water partition coefficient (Wildman–Crippen LogP) is 0.367. The van der Waals surface area contributed by atoms with Gasteiger partial charge in [-0.15, -0.1) is 0 Å². The van der Waals surface area contributed by atoms with E-state index in [0.29, 0.717) is 31.8 Å². The van der Waals surface area contributed by atoms with Gasteiger partial charge in [-0.2, -0.15) is 0 Å². The van der Waals surface area contributed by atoms with Crippen LogP contribution in [0.5, 0.6) is 0 Å². The molecular weight excluding hydrogens is 260 g/mol. The van der Waals surface area contributed by atoms with Gasteiger partial charge < -0.3 is 15.3 Å². The highest BCUT2D eigenvalue weighted by Gasteiger charge is 2.42. The SMILES string of the molecule is O=C(O)C1CCC(NC(=O)C2CC(=O)N(C3CC3)C2)C1. The molecule has 0 aromatic heterocycles. The van der Waals surface area contributed by atoms with E-state index >= 15 is 0 Å². The summed E-state index contributed by atoms with van der Waals surface area (Å²) < 4.78 is 0. The lowest BCUT2D eigenvalue weighted by Crippen LogP contribution is -2.39. The van der Waals surface area contributed by atoms with Crippen LogP contribution in [0.3, 0.4) is 0 Å². The molecule has 0 bridgehead atoms. The molecule has 6 heteroatoms. The molecule has 1 heterocycles. The zero-order chi connectivity index (χ0) is 14.3. The highest BCUT2D eigenvalue weighted by atomic mass is 16.4. The van der Waals surface area contributed by atoms with Crippen LogP contribution in [0.15, 0.2) is 0 Å². The fraction of sp³-hybridized carbons (Fsp3) is 0.786. The number of carbonyl (C=O) groups is 3. The highest BCUT2D eigenvalue weighted by molar-refractivity contribution is 5.89. The lowest BCUT2D eigenvalue weighted by molar-refractivity contribution is -0.141. The first-order valence-electron chi connectivity index (χ1n) is 7.37. The number of nitrogens with zero attached hydrogens (tertiary/aromatic N) is 1. The minimum atomic E-state index is -0.780. The second-order valence-corrected chi connectivity index (χ2v) is 6.23. The Morgan fingerprint density at radius 2 is 1.90 bits per heavy atom. The summed E-state index contributed by atoms with van der Waals surface area (Å²) in [4.78, 5) is 36.7. The third kappa shape index (κ3) is 2.64. The molecule has 3 atom stereocenters. The van der Waals surface area contributed by atoms with Crippen LogP contribution in [0, 0.1) is 11.8 Å². The first-order valence-corrected chi connectivity index (χ1v) is 7.37. The predicted molar refractivity (Wildman–Crippen MR) is 69.7 cm³/mol. The fourth-order valence-corrected chi connectivity index (χ4v) is 3.30. The molecule has 3 unspecified atom stereocenters. The van der Waals surface area contributed by atoms with Gasteiger partial charge in [-0.1, -0.05) is 0 Å². The Morgan fingerprint density at radius 3 is 2.50 bits per heavy atom. The Hall–Kier alpha value is -1.59. The van der Waals surface area contributed by atoms with Crippen LogP contribution in [0.2, 0.25) is 0 Å². The van der Waals surface area contributed by atoms with Gasteiger partial charge in [-0.05, 0) is 32.1 Å². The molecule has 20 heavy (non-hydrogen) atoms. The summed E-state index contributed by atoms with van der Waals surface area (Å²) in [6, 6.07) is 0.317. The van der Waals surface area contributed by atoms with Crippen molar-refractivity contribution in [3.05, 3.63) is 0 Å². The molecule has 2 N–H and O–H groups in total. The lowest BCUT2D eigenvalue weighted by atomic mass is 10.1. The van der Waals surface area contributed by atoms with Gasteiger partial charge in [-0.25, -0.2) is 0 Å². The van der Waals surface area contributed by atoms with Crippen molar-refractivity contribution in [1.82, 2.24) is 10.2 Å². The maximum atomic E-state index is 12.2. The monoisotopic (exact) mass is 280 g/mol. The molecule has 0 aromatic rings. The van der Waals surface area contributed by atoms with E-state index in [1.54, 1.807) is 0 Å². The third-order valence-electron chi connectivity index (χ3n) is 4.65. The zero-order valence-corrected chi connectivity index (χ0v) is 11.4. The number of carboxylic acids is 1. The quantitative estimate of drug-likeness (QED) is 0.779. The molecule has 1 saturated heterocycles. The number of likely N-dealkylation sites (tertiary alicyclic amines) is 1. The number of aliphatic carboxylic acids is 1. The Bertz CT molecular complexity index is 446. The first kappa shape index (κ1) is 13.4. The minimum absolute atomic E-state index is 0.0475. The molecule has 1 aliphatic heterocycles. The van der Waals surface area contributed by atoms with Gasteiger partial charge in [0.05, 0.1) is 11.8 Å².